The third-order valence-electron chi connectivity index (χ3n) is 2.72. The van der Waals surface area contributed by atoms with E-state index in [1.165, 1.54) is 0 Å². The van der Waals surface area contributed by atoms with Crippen molar-refractivity contribution in [1.29, 1.82) is 0 Å². The number of aromatic nitrogens is 2. The van der Waals surface area contributed by atoms with Gasteiger partial charge in [-0.15, -0.1) is 0 Å². The van der Waals surface area contributed by atoms with Crippen LogP contribution in [-0.4, -0.2) is 27.5 Å². The van der Waals surface area contributed by atoms with Gasteiger partial charge in [0.1, 0.15) is 11.6 Å². The van der Waals surface area contributed by atoms with Crippen LogP contribution in [-0.2, 0) is 6.54 Å². The summed E-state index contributed by atoms with van der Waals surface area (Å²) in [5, 5.41) is 0. The summed E-state index contributed by atoms with van der Waals surface area (Å²) in [6, 6.07) is 2.32. The van der Waals surface area contributed by atoms with E-state index in [4.69, 9.17) is 5.84 Å². The predicted octanol–water partition coefficient (Wildman–Crippen LogP) is 1.94. The van der Waals surface area contributed by atoms with Crippen molar-refractivity contribution in [2.24, 2.45) is 11.8 Å². The molecule has 5 nitrogen and oxygen atoms in total. The molecule has 0 atom stereocenters. The van der Waals surface area contributed by atoms with Gasteiger partial charge in [0.25, 0.3) is 0 Å². The van der Waals surface area contributed by atoms with Crippen LogP contribution in [0.3, 0.4) is 0 Å². The van der Waals surface area contributed by atoms with E-state index < -0.39 is 0 Å². The Bertz CT molecular complexity index is 376. The second-order valence-electron chi connectivity index (χ2n) is 5.37. The maximum atomic E-state index is 5.41. The second kappa shape index (κ2) is 6.66. The molecule has 0 aliphatic rings. The van der Waals surface area contributed by atoms with Gasteiger partial charge in [0.05, 0.1) is 6.54 Å². The Hall–Kier alpha value is -1.20. The van der Waals surface area contributed by atoms with Gasteiger partial charge < -0.3 is 5.43 Å². The average molecular weight is 251 g/mol. The van der Waals surface area contributed by atoms with Crippen LogP contribution >= 0.6 is 0 Å². The van der Waals surface area contributed by atoms with Crippen LogP contribution in [0.1, 0.15) is 39.2 Å². The zero-order valence-electron chi connectivity index (χ0n) is 12.1. The van der Waals surface area contributed by atoms with Gasteiger partial charge in [0.15, 0.2) is 0 Å². The van der Waals surface area contributed by atoms with Gasteiger partial charge >= 0.3 is 0 Å². The van der Waals surface area contributed by atoms with Crippen molar-refractivity contribution in [3.63, 3.8) is 0 Å². The van der Waals surface area contributed by atoms with Crippen molar-refractivity contribution in [2.45, 2.75) is 47.2 Å². The van der Waals surface area contributed by atoms with E-state index in [1.807, 2.05) is 13.0 Å². The first-order valence-corrected chi connectivity index (χ1v) is 6.47. The molecule has 0 unspecified atom stereocenters. The molecule has 1 rings (SSSR count). The lowest BCUT2D eigenvalue weighted by molar-refractivity contribution is 0.184. The fourth-order valence-electron chi connectivity index (χ4n) is 1.88. The monoisotopic (exact) mass is 251 g/mol. The van der Waals surface area contributed by atoms with Crippen molar-refractivity contribution in [1.82, 2.24) is 14.9 Å². The molecule has 0 aliphatic carbocycles. The first kappa shape index (κ1) is 14.9. The molecule has 0 spiro atoms. The number of hydrazine groups is 1. The molecule has 0 aliphatic heterocycles. The highest BCUT2D eigenvalue weighted by molar-refractivity contribution is 5.33. The van der Waals surface area contributed by atoms with Crippen LogP contribution in [0.15, 0.2) is 6.07 Å². The average Bonchev–Trinajstić information content (AvgIpc) is 2.26. The van der Waals surface area contributed by atoms with Gasteiger partial charge in [-0.2, -0.15) is 0 Å². The highest BCUT2D eigenvalue weighted by Gasteiger charge is 2.14. The number of rotatable bonds is 6. The summed E-state index contributed by atoms with van der Waals surface area (Å²) >= 11 is 0. The van der Waals surface area contributed by atoms with Crippen LogP contribution in [0.4, 0.5) is 5.82 Å². The molecule has 0 aromatic carbocycles. The molecule has 0 bridgehead atoms. The molecular weight excluding hydrogens is 226 g/mol. The highest BCUT2D eigenvalue weighted by Crippen LogP contribution is 2.11. The van der Waals surface area contributed by atoms with Gasteiger partial charge in [0.2, 0.25) is 0 Å². The smallest absolute Gasteiger partial charge is 0.145 e. The van der Waals surface area contributed by atoms with Crippen molar-refractivity contribution in [3.8, 4) is 0 Å². The molecule has 5 heteroatoms. The van der Waals surface area contributed by atoms with Crippen molar-refractivity contribution >= 4 is 5.82 Å². The first-order valence-electron chi connectivity index (χ1n) is 6.47. The summed E-state index contributed by atoms with van der Waals surface area (Å²) in [6.07, 6.45) is 0. The minimum Gasteiger partial charge on any atom is -0.308 e. The minimum atomic E-state index is 0.478. The predicted molar refractivity (Wildman–Crippen MR) is 75.0 cm³/mol. The Morgan fingerprint density at radius 1 is 1.28 bits per heavy atom. The SMILES string of the molecule is Cc1cc(NN)nc(CN(CC(C)C)C(C)C)n1. The van der Waals surface area contributed by atoms with E-state index in [1.54, 1.807) is 0 Å². The van der Waals surface area contributed by atoms with Gasteiger partial charge in [-0.3, -0.25) is 4.90 Å². The van der Waals surface area contributed by atoms with Gasteiger partial charge in [-0.05, 0) is 26.7 Å². The topological polar surface area (TPSA) is 67.1 Å². The molecule has 0 radical (unpaired) electrons. The molecule has 3 N–H and O–H groups in total. The molecule has 0 saturated heterocycles. The normalized spacial score (nSPS) is 11.6. The molecule has 1 aromatic heterocycles. The molecule has 0 saturated carbocycles. The lowest BCUT2D eigenvalue weighted by Crippen LogP contribution is -2.34. The Morgan fingerprint density at radius 2 is 1.94 bits per heavy atom. The molecule has 102 valence electrons. The van der Waals surface area contributed by atoms with Gasteiger partial charge in [-0.1, -0.05) is 13.8 Å². The third kappa shape index (κ3) is 4.58. The largest absolute Gasteiger partial charge is 0.308 e. The zero-order chi connectivity index (χ0) is 13.7. The molecule has 1 aromatic rings. The Kier molecular flexibility index (Phi) is 5.50. The maximum absolute atomic E-state index is 5.41. The van der Waals surface area contributed by atoms with Crippen LogP contribution in [0.25, 0.3) is 0 Å². The van der Waals surface area contributed by atoms with E-state index >= 15 is 0 Å². The molecule has 18 heavy (non-hydrogen) atoms. The summed E-state index contributed by atoms with van der Waals surface area (Å²) in [6.45, 7) is 12.6. The number of hydrogen-bond acceptors (Lipinski definition) is 5. The summed E-state index contributed by atoms with van der Waals surface area (Å²) in [5.74, 6) is 7.52. The number of hydrogen-bond donors (Lipinski definition) is 2. The molecule has 0 fully saturated rings. The molecule has 1 heterocycles. The number of anilines is 1. The number of nitrogen functional groups attached to an aromatic ring is 1. The van der Waals surface area contributed by atoms with Gasteiger partial charge in [-0.25, -0.2) is 15.8 Å². The lowest BCUT2D eigenvalue weighted by Gasteiger charge is -2.27. The summed E-state index contributed by atoms with van der Waals surface area (Å²) in [4.78, 5) is 11.2. The zero-order valence-corrected chi connectivity index (χ0v) is 12.1. The van der Waals surface area contributed by atoms with Crippen molar-refractivity contribution < 1.29 is 0 Å². The van der Waals surface area contributed by atoms with E-state index in [2.05, 4.69) is 48.0 Å². The number of nitrogens with zero attached hydrogens (tertiary/aromatic N) is 3. The summed E-state index contributed by atoms with van der Waals surface area (Å²) in [5.41, 5.74) is 3.51. The van der Waals surface area contributed by atoms with Crippen molar-refractivity contribution in [3.05, 3.63) is 17.6 Å². The summed E-state index contributed by atoms with van der Waals surface area (Å²) < 4.78 is 0. The van der Waals surface area contributed by atoms with E-state index in [-0.39, 0.29) is 0 Å². The van der Waals surface area contributed by atoms with Gasteiger partial charge in [0, 0.05) is 24.3 Å². The van der Waals surface area contributed by atoms with E-state index in [9.17, 15) is 0 Å². The quantitative estimate of drug-likeness (QED) is 0.597. The Balaban J connectivity index is 2.82. The number of nitrogens with one attached hydrogen (secondary N) is 1. The fraction of sp³-hybridized carbons (Fsp3) is 0.692. The van der Waals surface area contributed by atoms with E-state index in [0.29, 0.717) is 17.8 Å². The third-order valence-corrected chi connectivity index (χ3v) is 2.72. The maximum Gasteiger partial charge on any atom is 0.145 e. The minimum absolute atomic E-state index is 0.478. The second-order valence-corrected chi connectivity index (χ2v) is 5.37. The number of nitrogens with two attached hydrogens (primary N) is 1. The Morgan fingerprint density at radius 3 is 2.44 bits per heavy atom. The Labute approximate surface area is 110 Å². The van der Waals surface area contributed by atoms with Crippen LogP contribution in [0, 0.1) is 12.8 Å². The standard InChI is InChI=1S/C13H25N5/c1-9(2)7-18(10(3)4)8-13-15-11(5)6-12(16-13)17-14/h6,9-10H,7-8,14H2,1-5H3,(H,15,16,17). The molecule has 0 amide bonds. The highest BCUT2D eigenvalue weighted by atomic mass is 15.3. The van der Waals surface area contributed by atoms with Crippen LogP contribution < -0.4 is 11.3 Å². The van der Waals surface area contributed by atoms with Crippen LogP contribution in [0.2, 0.25) is 0 Å². The fourth-order valence-corrected chi connectivity index (χ4v) is 1.88. The molecular formula is C13H25N5. The van der Waals surface area contributed by atoms with Crippen LogP contribution in [0.5, 0.6) is 0 Å². The summed E-state index contributed by atoms with van der Waals surface area (Å²) in [7, 11) is 0. The van der Waals surface area contributed by atoms with Crippen molar-refractivity contribution in [2.75, 3.05) is 12.0 Å². The first-order chi connectivity index (χ1) is 8.42. The van der Waals surface area contributed by atoms with E-state index in [0.717, 1.165) is 24.6 Å². The number of aryl methyl sites for hydroxylation is 1. The lowest BCUT2D eigenvalue weighted by atomic mass is 10.2.